The van der Waals surface area contributed by atoms with Gasteiger partial charge in [0.1, 0.15) is 9.36 Å². The first kappa shape index (κ1) is 13.8. The van der Waals surface area contributed by atoms with Crippen molar-refractivity contribution >= 4 is 44.6 Å². The number of nitrogens with zero attached hydrogens (tertiary/aromatic N) is 2. The number of methoxy groups -OCH3 is 1. The molecule has 0 unspecified atom stereocenters. The molecule has 3 N–H and O–H groups in total. The Morgan fingerprint density at radius 3 is 2.74 bits per heavy atom. The summed E-state index contributed by atoms with van der Waals surface area (Å²) in [6.07, 6.45) is 0. The van der Waals surface area contributed by atoms with Gasteiger partial charge in [-0.1, -0.05) is 11.6 Å². The lowest BCUT2D eigenvalue weighted by Gasteiger charge is -2.06. The van der Waals surface area contributed by atoms with E-state index in [1.165, 1.54) is 24.6 Å². The first-order chi connectivity index (χ1) is 8.90. The zero-order valence-electron chi connectivity index (χ0n) is 9.62. The molecule has 102 valence electrons. The Labute approximate surface area is 118 Å². The number of aromatic nitrogens is 2. The van der Waals surface area contributed by atoms with Crippen molar-refractivity contribution in [3.63, 3.8) is 0 Å². The minimum Gasteiger partial charge on any atom is -0.481 e. The first-order valence-electron chi connectivity index (χ1n) is 4.86. The van der Waals surface area contributed by atoms with E-state index in [9.17, 15) is 8.42 Å². The molecule has 0 aliphatic carbocycles. The van der Waals surface area contributed by atoms with Gasteiger partial charge in [-0.3, -0.25) is 0 Å². The molecule has 0 saturated heterocycles. The lowest BCUT2D eigenvalue weighted by atomic mass is 10.6. The SMILES string of the molecule is COc1cc(Cl)nc(NS(=O)(=O)c2cc(N)cs2)n1. The minimum atomic E-state index is -3.78. The van der Waals surface area contributed by atoms with Gasteiger partial charge in [-0.25, -0.2) is 18.1 Å². The van der Waals surface area contributed by atoms with Crippen LogP contribution in [0, 0.1) is 0 Å². The van der Waals surface area contributed by atoms with E-state index >= 15 is 0 Å². The van der Waals surface area contributed by atoms with Crippen molar-refractivity contribution in [2.24, 2.45) is 0 Å². The van der Waals surface area contributed by atoms with Crippen LogP contribution < -0.4 is 15.2 Å². The topological polar surface area (TPSA) is 107 Å². The Morgan fingerprint density at radius 2 is 2.16 bits per heavy atom. The first-order valence-corrected chi connectivity index (χ1v) is 7.60. The van der Waals surface area contributed by atoms with Crippen molar-refractivity contribution < 1.29 is 13.2 Å². The maximum Gasteiger partial charge on any atom is 0.273 e. The number of nitrogens with one attached hydrogen (secondary N) is 1. The quantitative estimate of drug-likeness (QED) is 0.828. The summed E-state index contributed by atoms with van der Waals surface area (Å²) in [5.41, 5.74) is 5.85. The Kier molecular flexibility index (Phi) is 3.78. The van der Waals surface area contributed by atoms with Crippen molar-refractivity contribution in [1.82, 2.24) is 9.97 Å². The van der Waals surface area contributed by atoms with Crippen LogP contribution in [0.2, 0.25) is 5.15 Å². The molecule has 2 aromatic heterocycles. The molecule has 0 aromatic carbocycles. The van der Waals surface area contributed by atoms with E-state index in [2.05, 4.69) is 14.7 Å². The molecule has 2 rings (SSSR count). The number of nitrogens with two attached hydrogens (primary N) is 1. The maximum atomic E-state index is 12.0. The maximum absolute atomic E-state index is 12.0. The smallest absolute Gasteiger partial charge is 0.273 e. The molecule has 0 aliphatic rings. The second kappa shape index (κ2) is 5.19. The number of hydrogen-bond donors (Lipinski definition) is 2. The number of rotatable bonds is 4. The Morgan fingerprint density at radius 1 is 1.42 bits per heavy atom. The second-order valence-corrected chi connectivity index (χ2v) is 6.57. The van der Waals surface area contributed by atoms with Crippen molar-refractivity contribution in [2.45, 2.75) is 4.21 Å². The molecule has 0 radical (unpaired) electrons. The lowest BCUT2D eigenvalue weighted by molar-refractivity contribution is 0.397. The van der Waals surface area contributed by atoms with Crippen LogP contribution in [-0.4, -0.2) is 25.5 Å². The van der Waals surface area contributed by atoms with Gasteiger partial charge in [-0.15, -0.1) is 11.3 Å². The van der Waals surface area contributed by atoms with E-state index in [1.807, 2.05) is 0 Å². The average molecular weight is 321 g/mol. The predicted molar refractivity (Wildman–Crippen MR) is 73.1 cm³/mol. The summed E-state index contributed by atoms with van der Waals surface area (Å²) >= 11 is 6.72. The summed E-state index contributed by atoms with van der Waals surface area (Å²) in [5.74, 6) is -0.0142. The molecule has 0 amide bonds. The van der Waals surface area contributed by atoms with Gasteiger partial charge in [0.15, 0.2) is 0 Å². The van der Waals surface area contributed by atoms with Gasteiger partial charge in [0.25, 0.3) is 10.0 Å². The minimum absolute atomic E-state index is 0.0625. The summed E-state index contributed by atoms with van der Waals surface area (Å²) in [6.45, 7) is 0. The lowest BCUT2D eigenvalue weighted by Crippen LogP contribution is -2.14. The van der Waals surface area contributed by atoms with Crippen molar-refractivity contribution in [1.29, 1.82) is 0 Å². The number of halogens is 1. The summed E-state index contributed by atoms with van der Waals surface area (Å²) in [7, 11) is -2.40. The van der Waals surface area contributed by atoms with Crippen LogP contribution in [0.3, 0.4) is 0 Å². The van der Waals surface area contributed by atoms with Crippen LogP contribution in [0.5, 0.6) is 5.88 Å². The highest BCUT2D eigenvalue weighted by Gasteiger charge is 2.18. The van der Waals surface area contributed by atoms with Gasteiger partial charge in [0, 0.05) is 17.1 Å². The number of anilines is 2. The molecule has 0 fully saturated rings. The zero-order valence-corrected chi connectivity index (χ0v) is 12.0. The van der Waals surface area contributed by atoms with E-state index < -0.39 is 10.0 Å². The van der Waals surface area contributed by atoms with Crippen molar-refractivity contribution in [3.8, 4) is 5.88 Å². The number of hydrogen-bond acceptors (Lipinski definition) is 7. The van der Waals surface area contributed by atoms with Crippen LogP contribution in [-0.2, 0) is 10.0 Å². The molecule has 10 heteroatoms. The number of nitrogen functional groups attached to an aromatic ring is 1. The summed E-state index contributed by atoms with van der Waals surface area (Å²) in [6, 6.07) is 2.71. The average Bonchev–Trinajstić information content (AvgIpc) is 2.75. The molecule has 0 aliphatic heterocycles. The molecule has 0 spiro atoms. The Hall–Kier alpha value is -1.58. The molecule has 7 nitrogen and oxygen atoms in total. The Bertz CT molecular complexity index is 701. The summed E-state index contributed by atoms with van der Waals surface area (Å²) < 4.78 is 31.1. The van der Waals surface area contributed by atoms with Crippen LogP contribution in [0.1, 0.15) is 0 Å². The highest BCUT2D eigenvalue weighted by Crippen LogP contribution is 2.24. The fraction of sp³-hybridized carbons (Fsp3) is 0.111. The second-order valence-electron chi connectivity index (χ2n) is 3.36. The molecular weight excluding hydrogens is 312 g/mol. The third-order valence-corrected chi connectivity index (χ3v) is 4.95. The standard InChI is InChI=1S/C9H9ClN4O3S2/c1-17-7-3-6(10)12-9(13-7)14-19(15,16)8-2-5(11)4-18-8/h2-4H,11H2,1H3,(H,12,13,14). The zero-order chi connectivity index (χ0) is 14.0. The van der Waals surface area contributed by atoms with Crippen LogP contribution in [0.15, 0.2) is 21.7 Å². The van der Waals surface area contributed by atoms with Crippen LogP contribution >= 0.6 is 22.9 Å². The van der Waals surface area contributed by atoms with Gasteiger partial charge in [0.2, 0.25) is 11.8 Å². The highest BCUT2D eigenvalue weighted by molar-refractivity contribution is 7.94. The predicted octanol–water partition coefficient (Wildman–Crippen LogP) is 1.58. The van der Waals surface area contributed by atoms with Crippen molar-refractivity contribution in [3.05, 3.63) is 22.7 Å². The molecule has 0 saturated carbocycles. The molecule has 0 bridgehead atoms. The number of thiophene rings is 1. The molecule has 0 atom stereocenters. The van der Waals surface area contributed by atoms with E-state index in [4.69, 9.17) is 22.1 Å². The summed E-state index contributed by atoms with van der Waals surface area (Å²) in [5, 5.41) is 1.59. The van der Waals surface area contributed by atoms with Gasteiger partial charge in [0.05, 0.1) is 7.11 Å². The Balaban J connectivity index is 2.32. The van der Waals surface area contributed by atoms with E-state index in [-0.39, 0.29) is 21.2 Å². The normalized spacial score (nSPS) is 11.3. The van der Waals surface area contributed by atoms with Gasteiger partial charge in [-0.05, 0) is 6.07 Å². The fourth-order valence-corrected chi connectivity index (χ4v) is 3.39. The summed E-state index contributed by atoms with van der Waals surface area (Å²) in [4.78, 5) is 7.59. The van der Waals surface area contributed by atoms with Gasteiger partial charge >= 0.3 is 0 Å². The van der Waals surface area contributed by atoms with Crippen molar-refractivity contribution in [2.75, 3.05) is 17.6 Å². The van der Waals surface area contributed by atoms with E-state index in [0.717, 1.165) is 11.3 Å². The third kappa shape index (κ3) is 3.25. The molecule has 2 heterocycles. The largest absolute Gasteiger partial charge is 0.481 e. The van der Waals surface area contributed by atoms with Gasteiger partial charge < -0.3 is 10.5 Å². The number of sulfonamides is 1. The fourth-order valence-electron chi connectivity index (χ4n) is 1.19. The number of ether oxygens (including phenoxy) is 1. The van der Waals surface area contributed by atoms with Crippen LogP contribution in [0.25, 0.3) is 0 Å². The molecule has 19 heavy (non-hydrogen) atoms. The monoisotopic (exact) mass is 320 g/mol. The molecule has 2 aromatic rings. The third-order valence-electron chi connectivity index (χ3n) is 1.97. The van der Waals surface area contributed by atoms with Gasteiger partial charge in [-0.2, -0.15) is 4.98 Å². The molecular formula is C9H9ClN4O3S2. The highest BCUT2D eigenvalue weighted by atomic mass is 35.5. The van der Waals surface area contributed by atoms with Crippen LogP contribution in [0.4, 0.5) is 11.6 Å². The van der Waals surface area contributed by atoms with E-state index in [0.29, 0.717) is 5.69 Å². The van der Waals surface area contributed by atoms with E-state index in [1.54, 1.807) is 0 Å².